The predicted molar refractivity (Wildman–Crippen MR) is 86.4 cm³/mol. The summed E-state index contributed by atoms with van der Waals surface area (Å²) < 4.78 is 72.6. The maximum absolute atomic E-state index is 10.7. The van der Waals surface area contributed by atoms with Gasteiger partial charge in [0.1, 0.15) is 0 Å². The second kappa shape index (κ2) is 8.23. The van der Waals surface area contributed by atoms with Crippen molar-refractivity contribution in [2.75, 3.05) is 6.79 Å². The molecule has 1 heterocycles. The molecule has 1 aliphatic heterocycles. The van der Waals surface area contributed by atoms with Gasteiger partial charge in [-0.05, 0) is 32.9 Å². The largest absolute Gasteiger partial charge is 0.741 e. The average Bonchev–Trinajstić information content (AvgIpc) is 2.97. The molecule has 27 heavy (non-hydrogen) atoms. The molecule has 10 heteroatoms. The van der Waals surface area contributed by atoms with Crippen molar-refractivity contribution < 1.29 is 56.8 Å². The number of halogens is 4. The maximum atomic E-state index is 10.7. The number of ether oxygens (including phenoxy) is 2. The summed E-state index contributed by atoms with van der Waals surface area (Å²) >= 11 is -0.171. The van der Waals surface area contributed by atoms with Crippen molar-refractivity contribution in [1.82, 2.24) is 0 Å². The van der Waals surface area contributed by atoms with Gasteiger partial charge in [0.05, 0.1) is 0 Å². The summed E-state index contributed by atoms with van der Waals surface area (Å²) in [6.07, 6.45) is 0. The molecular formula is C17H16F3IO5S. The molecule has 1 aliphatic rings. The fraction of sp³-hybridized carbons (Fsp3) is 0.294. The lowest BCUT2D eigenvalue weighted by Gasteiger charge is -2.08. The number of hydrogen-bond donors (Lipinski definition) is 0. The van der Waals surface area contributed by atoms with Gasteiger partial charge in [-0.15, -0.1) is 0 Å². The van der Waals surface area contributed by atoms with Gasteiger partial charge in [-0.25, -0.2) is 8.42 Å². The molecule has 2 aromatic carbocycles. The fourth-order valence-electron chi connectivity index (χ4n) is 2.35. The Morgan fingerprint density at radius 1 is 1.00 bits per heavy atom. The van der Waals surface area contributed by atoms with Gasteiger partial charge in [-0.3, -0.25) is 0 Å². The average molecular weight is 516 g/mol. The van der Waals surface area contributed by atoms with E-state index < -0.39 is 15.6 Å². The Morgan fingerprint density at radius 3 is 2.04 bits per heavy atom. The smallest absolute Gasteiger partial charge is 0.485 e. The topological polar surface area (TPSA) is 75.7 Å². The summed E-state index contributed by atoms with van der Waals surface area (Å²) in [4.78, 5) is 0. The maximum Gasteiger partial charge on any atom is 0.485 e. The number of aryl methyl sites for hydroxylation is 3. The summed E-state index contributed by atoms with van der Waals surface area (Å²) in [6.45, 7) is 6.92. The molecule has 2 aromatic rings. The van der Waals surface area contributed by atoms with E-state index in [0.29, 0.717) is 6.79 Å². The van der Waals surface area contributed by atoms with Gasteiger partial charge in [0.25, 0.3) is 0 Å². The van der Waals surface area contributed by atoms with Gasteiger partial charge in [-0.1, -0.05) is 17.7 Å². The molecule has 0 N–H and O–H groups in total. The van der Waals surface area contributed by atoms with E-state index in [-0.39, 0.29) is 21.2 Å². The molecule has 0 aliphatic carbocycles. The Hall–Kier alpha value is -1.53. The number of rotatable bonds is 2. The van der Waals surface area contributed by atoms with Gasteiger partial charge >= 0.3 is 26.7 Å². The summed E-state index contributed by atoms with van der Waals surface area (Å²) in [7, 11) is -6.09. The summed E-state index contributed by atoms with van der Waals surface area (Å²) in [6, 6.07) is 10.9. The van der Waals surface area contributed by atoms with Crippen molar-refractivity contribution in [3.8, 4) is 11.5 Å². The number of hydrogen-bond acceptors (Lipinski definition) is 5. The fourth-order valence-corrected chi connectivity index (χ4v) is 4.93. The normalized spacial score (nSPS) is 13.1. The first-order chi connectivity index (χ1) is 12.4. The van der Waals surface area contributed by atoms with Crippen LogP contribution in [-0.4, -0.2) is 25.3 Å². The van der Waals surface area contributed by atoms with E-state index in [2.05, 4.69) is 45.0 Å². The third-order valence-electron chi connectivity index (χ3n) is 3.40. The standard InChI is InChI=1S/C16H16IO2.CHF3O3S/c1-10-6-11(2)16(12(3)7-10)17-13-4-5-14-15(8-13)19-9-18-14;2-1(3,4)8(5,6)7/h4-8H,9H2,1-3H3;(H,5,6,7)/q+1;/p-1. The molecular weight excluding hydrogens is 500 g/mol. The molecule has 0 amide bonds. The molecule has 5 nitrogen and oxygen atoms in total. The van der Waals surface area contributed by atoms with Crippen LogP contribution in [0.1, 0.15) is 16.7 Å². The van der Waals surface area contributed by atoms with Gasteiger partial charge < -0.3 is 14.0 Å². The number of benzene rings is 2. The Labute approximate surface area is 165 Å². The van der Waals surface area contributed by atoms with Crippen LogP contribution in [-0.2, 0) is 10.1 Å². The summed E-state index contributed by atoms with van der Waals surface area (Å²) in [5, 5.41) is 0. The quantitative estimate of drug-likeness (QED) is 0.331. The molecule has 0 bridgehead atoms. The van der Waals surface area contributed by atoms with Crippen molar-refractivity contribution in [2.24, 2.45) is 0 Å². The van der Waals surface area contributed by atoms with E-state index in [1.807, 2.05) is 6.07 Å². The molecule has 0 spiro atoms. The lowest BCUT2D eigenvalue weighted by molar-refractivity contribution is -0.598. The second-order valence-electron chi connectivity index (χ2n) is 5.70. The van der Waals surface area contributed by atoms with Crippen LogP contribution in [0, 0.1) is 27.9 Å². The van der Waals surface area contributed by atoms with Crippen LogP contribution in [0.15, 0.2) is 30.3 Å². The highest BCUT2D eigenvalue weighted by atomic mass is 127. The lowest BCUT2D eigenvalue weighted by Crippen LogP contribution is -3.62. The van der Waals surface area contributed by atoms with Crippen LogP contribution < -0.4 is 30.7 Å². The van der Waals surface area contributed by atoms with E-state index in [4.69, 9.17) is 22.4 Å². The predicted octanol–water partition coefficient (Wildman–Crippen LogP) is 0.520. The minimum absolute atomic E-state index is 0.171. The van der Waals surface area contributed by atoms with E-state index in [1.165, 1.54) is 23.8 Å². The van der Waals surface area contributed by atoms with Crippen LogP contribution in [0.2, 0.25) is 0 Å². The monoisotopic (exact) mass is 516 g/mol. The number of fused-ring (bicyclic) bond motifs is 1. The zero-order chi connectivity index (χ0) is 20.4. The van der Waals surface area contributed by atoms with Crippen molar-refractivity contribution >= 4 is 10.1 Å². The first kappa shape index (κ1) is 21.8. The molecule has 148 valence electrons. The third kappa shape index (κ3) is 5.72. The van der Waals surface area contributed by atoms with Crippen LogP contribution in [0.25, 0.3) is 0 Å². The van der Waals surface area contributed by atoms with Crippen LogP contribution in [0.4, 0.5) is 13.2 Å². The minimum atomic E-state index is -6.09. The Kier molecular flexibility index (Phi) is 6.63. The van der Waals surface area contributed by atoms with E-state index in [0.717, 1.165) is 11.5 Å². The second-order valence-corrected chi connectivity index (χ2v) is 9.94. The van der Waals surface area contributed by atoms with Crippen molar-refractivity contribution in [1.29, 1.82) is 0 Å². The Balaban J connectivity index is 0.000000279. The first-order valence-corrected chi connectivity index (χ1v) is 11.1. The van der Waals surface area contributed by atoms with Crippen LogP contribution in [0.3, 0.4) is 0 Å². The molecule has 0 fully saturated rings. The SMILES string of the molecule is Cc1cc(C)c([I+]c2ccc3c(c2)OCO3)c(C)c1.O=S(=O)([O-])C(F)(F)F. The molecule has 0 atom stereocenters. The minimum Gasteiger partial charge on any atom is -0.741 e. The highest BCUT2D eigenvalue weighted by Crippen LogP contribution is 2.30. The molecule has 0 unspecified atom stereocenters. The summed E-state index contributed by atoms with van der Waals surface area (Å²) in [5.41, 5.74) is -1.49. The Morgan fingerprint density at radius 2 is 1.52 bits per heavy atom. The zero-order valence-corrected chi connectivity index (χ0v) is 17.5. The highest BCUT2D eigenvalue weighted by molar-refractivity contribution is 7.86. The van der Waals surface area contributed by atoms with Gasteiger partial charge in [0.15, 0.2) is 28.8 Å². The molecule has 0 saturated carbocycles. The van der Waals surface area contributed by atoms with Crippen molar-refractivity contribution in [3.63, 3.8) is 0 Å². The lowest BCUT2D eigenvalue weighted by atomic mass is 10.1. The van der Waals surface area contributed by atoms with E-state index in [1.54, 1.807) is 0 Å². The third-order valence-corrected chi connectivity index (χ3v) is 7.50. The van der Waals surface area contributed by atoms with Crippen LogP contribution >= 0.6 is 0 Å². The van der Waals surface area contributed by atoms with Crippen LogP contribution in [0.5, 0.6) is 11.5 Å². The zero-order valence-electron chi connectivity index (χ0n) is 14.6. The number of alkyl halides is 3. The van der Waals surface area contributed by atoms with Gasteiger partial charge in [-0.2, -0.15) is 13.2 Å². The van der Waals surface area contributed by atoms with Gasteiger partial charge in [0, 0.05) is 17.2 Å². The Bertz CT molecular complexity index is 919. The van der Waals surface area contributed by atoms with Gasteiger partial charge in [0.2, 0.25) is 6.79 Å². The molecule has 3 rings (SSSR count). The molecule has 0 saturated heterocycles. The molecule has 0 radical (unpaired) electrons. The van der Waals surface area contributed by atoms with Crippen molar-refractivity contribution in [3.05, 3.63) is 54.2 Å². The van der Waals surface area contributed by atoms with Crippen molar-refractivity contribution in [2.45, 2.75) is 26.3 Å². The molecule has 0 aromatic heterocycles. The first-order valence-electron chi connectivity index (χ1n) is 7.53. The van der Waals surface area contributed by atoms with E-state index in [9.17, 15) is 13.2 Å². The van der Waals surface area contributed by atoms with E-state index >= 15 is 0 Å². The highest BCUT2D eigenvalue weighted by Gasteiger charge is 2.36. The summed E-state index contributed by atoms with van der Waals surface area (Å²) in [5.74, 6) is 1.75.